The molecule has 1 aliphatic rings. The lowest BCUT2D eigenvalue weighted by Crippen LogP contribution is -2.27. The van der Waals surface area contributed by atoms with Crippen LogP contribution in [0.2, 0.25) is 5.02 Å². The summed E-state index contributed by atoms with van der Waals surface area (Å²) < 4.78 is 17.7. The van der Waals surface area contributed by atoms with Gasteiger partial charge in [-0.05, 0) is 43.3 Å². The molecule has 3 aromatic rings. The number of aromatic nitrogens is 1. The molecule has 8 heteroatoms. The Morgan fingerprint density at radius 1 is 1.31 bits per heavy atom. The summed E-state index contributed by atoms with van der Waals surface area (Å²) in [6, 6.07) is 10.6. The Kier molecular flexibility index (Phi) is 5.84. The molecule has 1 fully saturated rings. The summed E-state index contributed by atoms with van der Waals surface area (Å²) in [6.07, 6.45) is 3.77. The van der Waals surface area contributed by atoms with Crippen LogP contribution in [0.5, 0.6) is 0 Å². The normalized spacial score (nSPS) is 15.9. The van der Waals surface area contributed by atoms with E-state index in [-0.39, 0.29) is 18.3 Å². The monoisotopic (exact) mass is 508 g/mol. The Morgan fingerprint density at radius 3 is 2.79 bits per heavy atom. The van der Waals surface area contributed by atoms with Crippen LogP contribution in [0.15, 0.2) is 52.0 Å². The maximum absolute atomic E-state index is 14.3. The molecule has 0 atom stereocenters. The third-order valence-electron chi connectivity index (χ3n) is 4.74. The van der Waals surface area contributed by atoms with Gasteiger partial charge in [-0.2, -0.15) is 0 Å². The van der Waals surface area contributed by atoms with Crippen LogP contribution < -0.4 is 0 Å². The first-order valence-corrected chi connectivity index (χ1v) is 11.2. The second-order valence-corrected chi connectivity index (χ2v) is 9.50. The lowest BCUT2D eigenvalue weighted by molar-refractivity contribution is -0.121. The van der Waals surface area contributed by atoms with Crippen molar-refractivity contribution in [3.8, 4) is 0 Å². The van der Waals surface area contributed by atoms with Crippen LogP contribution >= 0.6 is 51.5 Å². The molecular formula is C21H15BrClFN2OS2. The number of thiocarbonyl (C=S) groups is 1. The Hall–Kier alpha value is -1.67. The van der Waals surface area contributed by atoms with Crippen molar-refractivity contribution in [2.75, 3.05) is 6.54 Å². The largest absolute Gasteiger partial charge is 0.342 e. The molecule has 29 heavy (non-hydrogen) atoms. The van der Waals surface area contributed by atoms with E-state index in [1.807, 2.05) is 42.0 Å². The molecule has 2 heterocycles. The van der Waals surface area contributed by atoms with Crippen molar-refractivity contribution in [1.29, 1.82) is 0 Å². The van der Waals surface area contributed by atoms with Gasteiger partial charge in [0.1, 0.15) is 10.1 Å². The third kappa shape index (κ3) is 3.89. The fraction of sp³-hybridized carbons (Fsp3) is 0.143. The first kappa shape index (κ1) is 20.6. The van der Waals surface area contributed by atoms with Gasteiger partial charge in [0, 0.05) is 44.3 Å². The quantitative estimate of drug-likeness (QED) is 0.298. The second-order valence-electron chi connectivity index (χ2n) is 6.50. The van der Waals surface area contributed by atoms with Crippen LogP contribution in [-0.2, 0) is 11.3 Å². The van der Waals surface area contributed by atoms with Crippen LogP contribution in [0, 0.1) is 5.82 Å². The topological polar surface area (TPSA) is 25.2 Å². The zero-order valence-corrected chi connectivity index (χ0v) is 19.3. The standard InChI is InChI=1S/C21H15BrClFN2OS2/c1-2-26-20(27)19(29-21(26)28)8-12-10-25(18-7-6-13(22)9-14(12)18)11-15-16(23)4-3-5-17(15)24/h3-10H,2,11H2,1H3/b19-8-. The molecule has 0 saturated carbocycles. The molecule has 0 radical (unpaired) electrons. The molecule has 0 bridgehead atoms. The van der Waals surface area contributed by atoms with Gasteiger partial charge in [0.2, 0.25) is 0 Å². The minimum atomic E-state index is -0.346. The molecule has 1 aromatic heterocycles. The van der Waals surface area contributed by atoms with Crippen molar-refractivity contribution >= 4 is 78.7 Å². The average molecular weight is 510 g/mol. The fourth-order valence-electron chi connectivity index (χ4n) is 3.31. The van der Waals surface area contributed by atoms with E-state index >= 15 is 0 Å². The van der Waals surface area contributed by atoms with Crippen molar-refractivity contribution in [1.82, 2.24) is 9.47 Å². The van der Waals surface area contributed by atoms with Gasteiger partial charge < -0.3 is 4.57 Å². The third-order valence-corrected chi connectivity index (χ3v) is 6.97. The second kappa shape index (κ2) is 8.22. The molecule has 2 aromatic carbocycles. The van der Waals surface area contributed by atoms with Crippen LogP contribution in [0.1, 0.15) is 18.1 Å². The number of hydrogen-bond donors (Lipinski definition) is 0. The van der Waals surface area contributed by atoms with Gasteiger partial charge in [-0.25, -0.2) is 4.39 Å². The van der Waals surface area contributed by atoms with E-state index in [9.17, 15) is 9.18 Å². The van der Waals surface area contributed by atoms with Gasteiger partial charge in [-0.15, -0.1) is 0 Å². The summed E-state index contributed by atoms with van der Waals surface area (Å²) in [5.74, 6) is -0.433. The predicted octanol–water partition coefficient (Wildman–Crippen LogP) is 6.47. The van der Waals surface area contributed by atoms with E-state index in [1.165, 1.54) is 17.8 Å². The number of fused-ring (bicyclic) bond motifs is 1. The van der Waals surface area contributed by atoms with Crippen molar-refractivity contribution in [2.45, 2.75) is 13.5 Å². The molecule has 0 unspecified atom stereocenters. The average Bonchev–Trinajstić information content (AvgIpc) is 3.15. The smallest absolute Gasteiger partial charge is 0.266 e. The van der Waals surface area contributed by atoms with Crippen LogP contribution in [0.3, 0.4) is 0 Å². The molecule has 1 amide bonds. The van der Waals surface area contributed by atoms with E-state index in [0.717, 1.165) is 20.9 Å². The number of halogens is 3. The highest BCUT2D eigenvalue weighted by molar-refractivity contribution is 9.10. The first-order chi connectivity index (χ1) is 13.9. The molecule has 4 rings (SSSR count). The van der Waals surface area contributed by atoms with E-state index in [4.69, 9.17) is 23.8 Å². The van der Waals surface area contributed by atoms with Gasteiger partial charge in [-0.3, -0.25) is 9.69 Å². The fourth-order valence-corrected chi connectivity index (χ4v) is 5.27. The first-order valence-electron chi connectivity index (χ1n) is 8.85. The van der Waals surface area contributed by atoms with Crippen molar-refractivity contribution < 1.29 is 9.18 Å². The number of rotatable bonds is 4. The molecule has 0 spiro atoms. The number of likely N-dealkylation sites (N-methyl/N-ethyl adjacent to an activating group) is 1. The predicted molar refractivity (Wildman–Crippen MR) is 126 cm³/mol. The number of hydrogen-bond acceptors (Lipinski definition) is 3. The number of amides is 1. The minimum Gasteiger partial charge on any atom is -0.342 e. The highest BCUT2D eigenvalue weighted by Crippen LogP contribution is 2.35. The maximum atomic E-state index is 14.3. The summed E-state index contributed by atoms with van der Waals surface area (Å²) >= 11 is 16.3. The number of carbonyl (C=O) groups is 1. The Bertz CT molecular complexity index is 1170. The lowest BCUT2D eigenvalue weighted by Gasteiger charge is -2.09. The van der Waals surface area contributed by atoms with Crippen molar-refractivity contribution in [3.05, 3.63) is 73.9 Å². The highest BCUT2D eigenvalue weighted by atomic mass is 79.9. The van der Waals surface area contributed by atoms with Gasteiger partial charge in [0.05, 0.1) is 11.4 Å². The van der Waals surface area contributed by atoms with Crippen molar-refractivity contribution in [3.63, 3.8) is 0 Å². The molecule has 0 N–H and O–H groups in total. The zero-order chi connectivity index (χ0) is 20.7. The van der Waals surface area contributed by atoms with Gasteiger partial charge in [0.15, 0.2) is 0 Å². The molecule has 3 nitrogen and oxygen atoms in total. The lowest BCUT2D eigenvalue weighted by atomic mass is 10.1. The summed E-state index contributed by atoms with van der Waals surface area (Å²) in [5, 5.41) is 1.34. The van der Waals surface area contributed by atoms with E-state index in [2.05, 4.69) is 15.9 Å². The summed E-state index contributed by atoms with van der Waals surface area (Å²) in [5.41, 5.74) is 2.22. The van der Waals surface area contributed by atoms with Crippen LogP contribution in [0.25, 0.3) is 17.0 Å². The number of nitrogens with zero attached hydrogens (tertiary/aromatic N) is 2. The molecule has 0 aliphatic carbocycles. The molecule has 148 valence electrons. The van der Waals surface area contributed by atoms with Gasteiger partial charge in [0.25, 0.3) is 5.91 Å². The molecule has 1 aliphatic heterocycles. The van der Waals surface area contributed by atoms with Gasteiger partial charge in [-0.1, -0.05) is 57.6 Å². The number of carbonyl (C=O) groups excluding carboxylic acids is 1. The Balaban J connectivity index is 1.82. The van der Waals surface area contributed by atoms with Crippen LogP contribution in [-0.4, -0.2) is 26.2 Å². The molecular weight excluding hydrogens is 495 g/mol. The van der Waals surface area contributed by atoms with Crippen molar-refractivity contribution in [2.24, 2.45) is 0 Å². The van der Waals surface area contributed by atoms with E-state index in [1.54, 1.807) is 17.0 Å². The highest BCUT2D eigenvalue weighted by Gasteiger charge is 2.30. The Labute approximate surface area is 190 Å². The minimum absolute atomic E-state index is 0.0875. The summed E-state index contributed by atoms with van der Waals surface area (Å²) in [7, 11) is 0. The van der Waals surface area contributed by atoms with Crippen LogP contribution in [0.4, 0.5) is 4.39 Å². The van der Waals surface area contributed by atoms with E-state index < -0.39 is 0 Å². The number of benzene rings is 2. The maximum Gasteiger partial charge on any atom is 0.266 e. The summed E-state index contributed by atoms with van der Waals surface area (Å²) in [4.78, 5) is 14.8. The van der Waals surface area contributed by atoms with Gasteiger partial charge >= 0.3 is 0 Å². The zero-order valence-electron chi connectivity index (χ0n) is 15.3. The van der Waals surface area contributed by atoms with E-state index in [0.29, 0.717) is 26.4 Å². The SMILES string of the molecule is CCN1C(=O)/C(=C/c2cn(Cc3c(F)cccc3Cl)c3ccc(Br)cc23)SC1=S. The number of thioether (sulfide) groups is 1. The Morgan fingerprint density at radius 2 is 2.10 bits per heavy atom. The molecule has 1 saturated heterocycles. The summed E-state index contributed by atoms with van der Waals surface area (Å²) in [6.45, 7) is 2.73.